The van der Waals surface area contributed by atoms with E-state index in [0.717, 1.165) is 43.9 Å². The molecule has 12 heteroatoms. The van der Waals surface area contributed by atoms with E-state index in [1.165, 1.54) is 17.7 Å². The maximum absolute atomic E-state index is 14.2. The van der Waals surface area contributed by atoms with Crippen LogP contribution in [0.2, 0.25) is 0 Å². The molecular formula is C37H36F5N3O4. The summed E-state index contributed by atoms with van der Waals surface area (Å²) in [7, 11) is 0. The number of nitrogens with zero attached hydrogens (tertiary/aromatic N) is 2. The Kier molecular flexibility index (Phi) is 10.7. The predicted octanol–water partition coefficient (Wildman–Crippen LogP) is 6.74. The van der Waals surface area contributed by atoms with Crippen molar-refractivity contribution in [3.63, 3.8) is 0 Å². The Morgan fingerprint density at radius 3 is 1.92 bits per heavy atom. The van der Waals surface area contributed by atoms with Crippen LogP contribution in [0.3, 0.4) is 0 Å². The highest BCUT2D eigenvalue weighted by molar-refractivity contribution is 6.04. The number of aliphatic hydroxyl groups excluding tert-OH is 1. The van der Waals surface area contributed by atoms with Gasteiger partial charge < -0.3 is 19.9 Å². The maximum Gasteiger partial charge on any atom is 0.261 e. The van der Waals surface area contributed by atoms with Crippen LogP contribution in [0.15, 0.2) is 78.9 Å². The molecule has 4 aromatic rings. The molecule has 0 spiro atoms. The van der Waals surface area contributed by atoms with Crippen molar-refractivity contribution in [2.75, 3.05) is 38.0 Å². The predicted molar refractivity (Wildman–Crippen MR) is 172 cm³/mol. The number of amides is 1. The van der Waals surface area contributed by atoms with Crippen molar-refractivity contribution in [3.05, 3.63) is 136 Å². The van der Waals surface area contributed by atoms with Crippen LogP contribution < -0.4 is 5.32 Å². The second-order valence-corrected chi connectivity index (χ2v) is 12.4. The fourth-order valence-corrected chi connectivity index (χ4v) is 6.28. The van der Waals surface area contributed by atoms with Crippen LogP contribution >= 0.6 is 0 Å². The lowest BCUT2D eigenvalue weighted by Gasteiger charge is -2.44. The van der Waals surface area contributed by atoms with E-state index in [9.17, 15) is 31.9 Å². The highest BCUT2D eigenvalue weighted by Gasteiger charge is 2.39. The van der Waals surface area contributed by atoms with E-state index in [-0.39, 0.29) is 30.4 Å². The Hall–Kier alpha value is -4.20. The van der Waals surface area contributed by atoms with Gasteiger partial charge in [-0.2, -0.15) is 0 Å². The monoisotopic (exact) mass is 681 g/mol. The average Bonchev–Trinajstić information content (AvgIpc) is 3.12. The molecule has 2 aliphatic rings. The highest BCUT2D eigenvalue weighted by atomic mass is 19.2. The lowest BCUT2D eigenvalue weighted by Crippen LogP contribution is -2.51. The van der Waals surface area contributed by atoms with Gasteiger partial charge in [0, 0.05) is 56.4 Å². The number of piperazine rings is 1. The standard InChI is InChI=1S/C37H36F5N3O4/c1-22-28(20-45-17-15-44(16-18-45)19-23-5-3-2-4-6-23)48-37(49-35(22)25-9-7-24(21-46)8-10-25)26-11-13-27(14-12-26)43-36(47)29-30(38)32(40)34(42)33(41)31(29)39/h2-14,22,28,35,37,46H,15-21H2,1H3,(H,43,47). The fourth-order valence-electron chi connectivity index (χ4n) is 6.28. The van der Waals surface area contributed by atoms with Crippen molar-refractivity contribution in [1.29, 1.82) is 0 Å². The molecule has 258 valence electrons. The first-order chi connectivity index (χ1) is 23.6. The zero-order valence-electron chi connectivity index (χ0n) is 26.7. The largest absolute Gasteiger partial charge is 0.392 e. The number of hydrogen-bond donors (Lipinski definition) is 2. The Balaban J connectivity index is 1.17. The summed E-state index contributed by atoms with van der Waals surface area (Å²) in [6.45, 7) is 7.14. The van der Waals surface area contributed by atoms with E-state index in [1.807, 2.05) is 42.5 Å². The van der Waals surface area contributed by atoms with Crippen LogP contribution in [0.4, 0.5) is 27.6 Å². The van der Waals surface area contributed by atoms with Crippen molar-refractivity contribution in [1.82, 2.24) is 9.80 Å². The van der Waals surface area contributed by atoms with Gasteiger partial charge in [0.1, 0.15) is 5.56 Å². The van der Waals surface area contributed by atoms with Crippen molar-refractivity contribution in [3.8, 4) is 0 Å². The van der Waals surface area contributed by atoms with Crippen LogP contribution in [-0.4, -0.2) is 59.6 Å². The van der Waals surface area contributed by atoms with Crippen molar-refractivity contribution < 1.29 is 41.3 Å². The van der Waals surface area contributed by atoms with Crippen LogP contribution in [0.5, 0.6) is 0 Å². The normalized spacial score (nSPS) is 21.9. The summed E-state index contributed by atoms with van der Waals surface area (Å²) in [4.78, 5) is 17.4. The summed E-state index contributed by atoms with van der Waals surface area (Å²) in [5, 5.41) is 11.7. The molecule has 4 unspecified atom stereocenters. The van der Waals surface area contributed by atoms with Gasteiger partial charge in [0.15, 0.2) is 29.6 Å². The Bertz CT molecular complexity index is 1720. The molecule has 0 aromatic heterocycles. The lowest BCUT2D eigenvalue weighted by molar-refractivity contribution is -0.276. The molecule has 2 saturated heterocycles. The molecule has 49 heavy (non-hydrogen) atoms. The van der Waals surface area contributed by atoms with Crippen molar-refractivity contribution >= 4 is 11.6 Å². The van der Waals surface area contributed by atoms with E-state index in [4.69, 9.17) is 9.47 Å². The van der Waals surface area contributed by atoms with Gasteiger partial charge in [-0.3, -0.25) is 14.6 Å². The number of rotatable bonds is 9. The SMILES string of the molecule is CC1C(CN2CCN(Cc3ccccc3)CC2)OC(c2ccc(NC(=O)c3c(F)c(F)c(F)c(F)c3F)cc2)OC1c1ccc(CO)cc1. The number of anilines is 1. The van der Waals surface area contributed by atoms with Gasteiger partial charge in [-0.05, 0) is 28.8 Å². The fraction of sp³-hybridized carbons (Fsp3) is 0.324. The third-order valence-electron chi connectivity index (χ3n) is 9.15. The molecule has 2 heterocycles. The quantitative estimate of drug-likeness (QED) is 0.116. The summed E-state index contributed by atoms with van der Waals surface area (Å²) in [5.74, 6) is -12.7. The number of carbonyl (C=O) groups excluding carboxylic acids is 1. The zero-order chi connectivity index (χ0) is 34.7. The first-order valence-corrected chi connectivity index (χ1v) is 16.0. The third-order valence-corrected chi connectivity index (χ3v) is 9.15. The first-order valence-electron chi connectivity index (χ1n) is 16.0. The molecule has 7 nitrogen and oxygen atoms in total. The minimum Gasteiger partial charge on any atom is -0.392 e. The number of nitrogens with one attached hydrogen (secondary N) is 1. The van der Waals surface area contributed by atoms with Crippen LogP contribution in [0, 0.1) is 35.0 Å². The highest BCUT2D eigenvalue weighted by Crippen LogP contribution is 2.42. The number of aliphatic hydroxyl groups is 1. The second-order valence-electron chi connectivity index (χ2n) is 12.4. The number of hydrogen-bond acceptors (Lipinski definition) is 6. The number of halogens is 5. The molecule has 2 aliphatic heterocycles. The Labute approximate surface area is 280 Å². The van der Waals surface area contributed by atoms with Gasteiger partial charge in [0.25, 0.3) is 5.91 Å². The summed E-state index contributed by atoms with van der Waals surface area (Å²) in [5.41, 5.74) is 2.04. The molecule has 2 fully saturated rings. The molecular weight excluding hydrogens is 645 g/mol. The summed E-state index contributed by atoms with van der Waals surface area (Å²) in [6.07, 6.45) is -1.40. The van der Waals surface area contributed by atoms with Crippen molar-refractivity contribution in [2.45, 2.75) is 38.6 Å². The molecule has 0 bridgehead atoms. The second kappa shape index (κ2) is 15.1. The molecule has 6 rings (SSSR count). The van der Waals surface area contributed by atoms with E-state index in [0.29, 0.717) is 12.1 Å². The lowest BCUT2D eigenvalue weighted by atomic mass is 9.90. The minimum absolute atomic E-state index is 0.0431. The van der Waals surface area contributed by atoms with E-state index >= 15 is 0 Å². The van der Waals surface area contributed by atoms with E-state index in [1.54, 1.807) is 12.1 Å². The minimum atomic E-state index is -2.34. The Morgan fingerprint density at radius 1 is 0.735 bits per heavy atom. The van der Waals surface area contributed by atoms with Gasteiger partial charge in [0.2, 0.25) is 5.82 Å². The van der Waals surface area contributed by atoms with Gasteiger partial charge in [-0.25, -0.2) is 22.0 Å². The van der Waals surface area contributed by atoms with Gasteiger partial charge in [0.05, 0.1) is 18.8 Å². The number of ether oxygens (including phenoxy) is 2. The Morgan fingerprint density at radius 2 is 1.31 bits per heavy atom. The molecule has 4 atom stereocenters. The average molecular weight is 682 g/mol. The molecule has 4 aromatic carbocycles. The topological polar surface area (TPSA) is 74.3 Å². The molecule has 0 aliphatic carbocycles. The smallest absolute Gasteiger partial charge is 0.261 e. The van der Waals surface area contributed by atoms with Gasteiger partial charge in [-0.15, -0.1) is 0 Å². The zero-order valence-corrected chi connectivity index (χ0v) is 26.7. The van der Waals surface area contributed by atoms with Gasteiger partial charge in [-0.1, -0.05) is 73.7 Å². The summed E-state index contributed by atoms with van der Waals surface area (Å²) >= 11 is 0. The first kappa shape index (κ1) is 34.7. The number of benzene rings is 4. The third kappa shape index (κ3) is 7.68. The summed E-state index contributed by atoms with van der Waals surface area (Å²) in [6, 6.07) is 23.9. The molecule has 2 N–H and O–H groups in total. The summed E-state index contributed by atoms with van der Waals surface area (Å²) < 4.78 is 82.2. The van der Waals surface area contributed by atoms with Gasteiger partial charge >= 0.3 is 0 Å². The van der Waals surface area contributed by atoms with Crippen LogP contribution in [0.1, 0.15) is 51.9 Å². The molecule has 0 saturated carbocycles. The van der Waals surface area contributed by atoms with Crippen molar-refractivity contribution in [2.24, 2.45) is 5.92 Å². The molecule has 1 amide bonds. The molecule has 0 radical (unpaired) electrons. The number of carbonyl (C=O) groups is 1. The van der Waals surface area contributed by atoms with E-state index in [2.05, 4.69) is 34.2 Å². The maximum atomic E-state index is 14.2. The van der Waals surface area contributed by atoms with E-state index < -0.39 is 46.8 Å². The van der Waals surface area contributed by atoms with Crippen LogP contribution in [-0.2, 0) is 22.6 Å². The van der Waals surface area contributed by atoms with Crippen LogP contribution in [0.25, 0.3) is 0 Å².